The Morgan fingerprint density at radius 3 is 2.60 bits per heavy atom. The molecule has 0 saturated carbocycles. The van der Waals surface area contributed by atoms with Gasteiger partial charge in [0.05, 0.1) is 6.54 Å². The van der Waals surface area contributed by atoms with E-state index < -0.39 is 0 Å². The molecule has 0 aliphatic carbocycles. The zero-order valence-electron chi connectivity index (χ0n) is 12.3. The lowest BCUT2D eigenvalue weighted by atomic mass is 10.0. The van der Waals surface area contributed by atoms with Crippen LogP contribution in [-0.2, 0) is 13.0 Å². The minimum Gasteiger partial charge on any atom is -0.318 e. The number of benzene rings is 1. The van der Waals surface area contributed by atoms with Crippen LogP contribution in [0, 0.1) is 4.77 Å². The van der Waals surface area contributed by atoms with E-state index in [0.717, 1.165) is 25.2 Å². The van der Waals surface area contributed by atoms with E-state index in [1.165, 1.54) is 11.1 Å². The van der Waals surface area contributed by atoms with Gasteiger partial charge < -0.3 is 5.43 Å². The number of nitrogens with zero attached hydrogens (tertiary/aromatic N) is 2. The molecule has 5 heteroatoms. The largest absolute Gasteiger partial charge is 0.318 e. The molecule has 2 rings (SSSR count). The number of H-pyrrole nitrogens is 1. The van der Waals surface area contributed by atoms with E-state index in [9.17, 15) is 0 Å². The van der Waals surface area contributed by atoms with Crippen molar-refractivity contribution >= 4 is 12.2 Å². The predicted octanol–water partition coefficient (Wildman–Crippen LogP) is 3.76. The number of aromatic nitrogens is 3. The first-order valence-electron chi connectivity index (χ1n) is 7.10. The summed E-state index contributed by atoms with van der Waals surface area (Å²) < 4.78 is 2.49. The van der Waals surface area contributed by atoms with Gasteiger partial charge in [-0.2, -0.15) is 5.10 Å². The van der Waals surface area contributed by atoms with Gasteiger partial charge in [0.1, 0.15) is 0 Å². The van der Waals surface area contributed by atoms with Gasteiger partial charge in [0.25, 0.3) is 0 Å². The molecule has 0 atom stereocenters. The van der Waals surface area contributed by atoms with Crippen LogP contribution in [0.25, 0.3) is 0 Å². The highest BCUT2D eigenvalue weighted by atomic mass is 32.1. The first-order chi connectivity index (χ1) is 9.61. The zero-order chi connectivity index (χ0) is 14.5. The molecule has 20 heavy (non-hydrogen) atoms. The van der Waals surface area contributed by atoms with Crippen LogP contribution in [0.3, 0.4) is 0 Å². The highest BCUT2D eigenvalue weighted by Gasteiger charge is 2.05. The van der Waals surface area contributed by atoms with Crippen LogP contribution < -0.4 is 5.43 Å². The predicted molar refractivity (Wildman–Crippen MR) is 85.0 cm³/mol. The lowest BCUT2D eigenvalue weighted by Gasteiger charge is -2.11. The standard InChI is InChI=1S/C15H22N4S/c1-4-5-14-17-18-15(20)19(14)16-10-12-6-8-13(9-7-12)11(2)3/h6-9,11,16H,4-5,10H2,1-3H3,(H,18,20). The van der Waals surface area contributed by atoms with Gasteiger partial charge in [-0.3, -0.25) is 5.10 Å². The molecule has 108 valence electrons. The summed E-state index contributed by atoms with van der Waals surface area (Å²) in [7, 11) is 0. The van der Waals surface area contributed by atoms with Gasteiger partial charge in [-0.25, -0.2) is 4.68 Å². The minimum atomic E-state index is 0.565. The van der Waals surface area contributed by atoms with Crippen LogP contribution in [0.15, 0.2) is 24.3 Å². The topological polar surface area (TPSA) is 45.6 Å². The van der Waals surface area contributed by atoms with E-state index in [1.807, 2.05) is 4.68 Å². The second-order valence-electron chi connectivity index (χ2n) is 5.26. The molecule has 0 bridgehead atoms. The summed E-state index contributed by atoms with van der Waals surface area (Å²) >= 11 is 5.24. The fourth-order valence-corrected chi connectivity index (χ4v) is 2.29. The molecule has 4 nitrogen and oxygen atoms in total. The van der Waals surface area contributed by atoms with Crippen molar-refractivity contribution in [3.8, 4) is 0 Å². The Balaban J connectivity index is 2.05. The molecule has 1 aromatic carbocycles. The van der Waals surface area contributed by atoms with Crippen molar-refractivity contribution in [3.05, 3.63) is 46.0 Å². The van der Waals surface area contributed by atoms with E-state index >= 15 is 0 Å². The van der Waals surface area contributed by atoms with Crippen molar-refractivity contribution in [3.63, 3.8) is 0 Å². The quantitative estimate of drug-likeness (QED) is 0.796. The molecule has 0 radical (unpaired) electrons. The Hall–Kier alpha value is -1.62. The second kappa shape index (κ2) is 6.70. The van der Waals surface area contributed by atoms with Crippen LogP contribution in [0.4, 0.5) is 0 Å². The van der Waals surface area contributed by atoms with Gasteiger partial charge in [-0.15, -0.1) is 0 Å². The number of aryl methyl sites for hydroxylation is 1. The maximum absolute atomic E-state index is 5.24. The number of nitrogens with one attached hydrogen (secondary N) is 2. The fraction of sp³-hybridized carbons (Fsp3) is 0.467. The average Bonchev–Trinajstić information content (AvgIpc) is 2.78. The third-order valence-electron chi connectivity index (χ3n) is 3.30. The Labute approximate surface area is 125 Å². The summed E-state index contributed by atoms with van der Waals surface area (Å²) in [4.78, 5) is 0. The van der Waals surface area contributed by atoms with Crippen molar-refractivity contribution in [2.24, 2.45) is 0 Å². The highest BCUT2D eigenvalue weighted by molar-refractivity contribution is 7.71. The summed E-state index contributed by atoms with van der Waals surface area (Å²) in [5.41, 5.74) is 5.93. The SMILES string of the molecule is CCCc1n[nH]c(=S)n1NCc1ccc(C(C)C)cc1. The first kappa shape index (κ1) is 14.8. The van der Waals surface area contributed by atoms with Crippen LogP contribution in [0.1, 0.15) is 50.1 Å². The second-order valence-corrected chi connectivity index (χ2v) is 5.65. The van der Waals surface area contributed by atoms with Gasteiger partial charge in [0.15, 0.2) is 5.82 Å². The van der Waals surface area contributed by atoms with E-state index in [4.69, 9.17) is 12.2 Å². The summed E-state index contributed by atoms with van der Waals surface area (Å²) in [6.45, 7) is 7.28. The zero-order valence-corrected chi connectivity index (χ0v) is 13.1. The van der Waals surface area contributed by atoms with Gasteiger partial charge in [0.2, 0.25) is 4.77 Å². The van der Waals surface area contributed by atoms with Crippen LogP contribution in [0.5, 0.6) is 0 Å². The number of hydrogen-bond acceptors (Lipinski definition) is 3. The first-order valence-corrected chi connectivity index (χ1v) is 7.51. The molecule has 0 amide bonds. The average molecular weight is 290 g/mol. The van der Waals surface area contributed by atoms with Gasteiger partial charge in [0, 0.05) is 6.42 Å². The Bertz CT molecular complexity index is 595. The van der Waals surface area contributed by atoms with Crippen molar-refractivity contribution in [2.75, 3.05) is 5.43 Å². The summed E-state index contributed by atoms with van der Waals surface area (Å²) in [5.74, 6) is 1.52. The third kappa shape index (κ3) is 3.48. The molecule has 1 aromatic heterocycles. The van der Waals surface area contributed by atoms with Crippen molar-refractivity contribution < 1.29 is 0 Å². The van der Waals surface area contributed by atoms with E-state index in [-0.39, 0.29) is 0 Å². The third-order valence-corrected chi connectivity index (χ3v) is 3.58. The molecule has 0 spiro atoms. The summed E-state index contributed by atoms with van der Waals surface area (Å²) in [5, 5.41) is 7.07. The molecular formula is C15H22N4S. The normalized spacial score (nSPS) is 11.0. The van der Waals surface area contributed by atoms with Crippen molar-refractivity contribution in [1.29, 1.82) is 0 Å². The Morgan fingerprint density at radius 1 is 1.30 bits per heavy atom. The maximum Gasteiger partial charge on any atom is 0.214 e. The molecule has 1 heterocycles. The van der Waals surface area contributed by atoms with Gasteiger partial charge in [-0.1, -0.05) is 45.0 Å². The van der Waals surface area contributed by atoms with E-state index in [1.54, 1.807) is 0 Å². The maximum atomic E-state index is 5.24. The minimum absolute atomic E-state index is 0.565. The summed E-state index contributed by atoms with van der Waals surface area (Å²) in [6, 6.07) is 8.68. The summed E-state index contributed by atoms with van der Waals surface area (Å²) in [6.07, 6.45) is 1.96. The molecular weight excluding hydrogens is 268 g/mol. The highest BCUT2D eigenvalue weighted by Crippen LogP contribution is 2.14. The van der Waals surface area contributed by atoms with Crippen molar-refractivity contribution in [2.45, 2.75) is 46.1 Å². The molecule has 2 N–H and O–H groups in total. The van der Waals surface area contributed by atoms with Gasteiger partial charge >= 0.3 is 0 Å². The monoisotopic (exact) mass is 290 g/mol. The molecule has 2 aromatic rings. The number of aromatic amines is 1. The Morgan fingerprint density at radius 2 is 2.00 bits per heavy atom. The van der Waals surface area contributed by atoms with E-state index in [2.05, 4.69) is 60.7 Å². The molecule has 0 fully saturated rings. The lowest BCUT2D eigenvalue weighted by Crippen LogP contribution is -2.17. The molecule has 0 aliphatic rings. The van der Waals surface area contributed by atoms with E-state index in [0.29, 0.717) is 10.7 Å². The lowest BCUT2D eigenvalue weighted by molar-refractivity contribution is 0.731. The smallest absolute Gasteiger partial charge is 0.214 e. The fourth-order valence-electron chi connectivity index (χ4n) is 2.07. The molecule has 0 saturated heterocycles. The number of rotatable bonds is 6. The van der Waals surface area contributed by atoms with Crippen LogP contribution in [0.2, 0.25) is 0 Å². The van der Waals surface area contributed by atoms with Crippen molar-refractivity contribution in [1.82, 2.24) is 14.9 Å². The molecule has 0 unspecified atom stereocenters. The number of hydrogen-bond donors (Lipinski definition) is 2. The van der Waals surface area contributed by atoms with Crippen LogP contribution in [-0.4, -0.2) is 14.9 Å². The Kier molecular flexibility index (Phi) is 4.95. The van der Waals surface area contributed by atoms with Gasteiger partial charge in [-0.05, 0) is 35.7 Å². The van der Waals surface area contributed by atoms with Crippen LogP contribution >= 0.6 is 12.2 Å². The molecule has 0 aliphatic heterocycles.